The van der Waals surface area contributed by atoms with Crippen LogP contribution in [0.2, 0.25) is 0 Å². The Morgan fingerprint density at radius 1 is 0.963 bits per heavy atom. The number of rotatable bonds is 9. The minimum atomic E-state index is -0.628. The van der Waals surface area contributed by atoms with Crippen molar-refractivity contribution < 1.29 is 28.6 Å². The van der Waals surface area contributed by atoms with E-state index in [1.165, 1.54) is 39.0 Å². The predicted molar refractivity (Wildman–Crippen MR) is 102 cm³/mol. The Morgan fingerprint density at radius 2 is 1.70 bits per heavy atom. The van der Waals surface area contributed by atoms with Gasteiger partial charge in [0, 0.05) is 4.90 Å². The van der Waals surface area contributed by atoms with Gasteiger partial charge in [0.2, 0.25) is 5.78 Å². The van der Waals surface area contributed by atoms with Gasteiger partial charge in [-0.25, -0.2) is 4.79 Å². The second-order valence-electron chi connectivity index (χ2n) is 5.55. The van der Waals surface area contributed by atoms with Gasteiger partial charge in [0.25, 0.3) is 0 Å². The number of carbonyl (C=O) groups is 3. The quantitative estimate of drug-likeness (QED) is 0.370. The molecule has 27 heavy (non-hydrogen) atoms. The summed E-state index contributed by atoms with van der Waals surface area (Å²) in [4.78, 5) is 36.7. The van der Waals surface area contributed by atoms with E-state index in [4.69, 9.17) is 14.2 Å². The molecule has 0 amide bonds. The predicted octanol–water partition coefficient (Wildman–Crippen LogP) is 3.42. The summed E-state index contributed by atoms with van der Waals surface area (Å²) in [5, 5.41) is 0. The molecule has 7 heteroatoms. The molecular formula is C20H20O6S. The normalized spacial score (nSPS) is 10.2. The van der Waals surface area contributed by atoms with Crippen molar-refractivity contribution in [3.63, 3.8) is 0 Å². The third kappa shape index (κ3) is 5.59. The number of thioether (sulfide) groups is 1. The van der Waals surface area contributed by atoms with Crippen LogP contribution in [-0.4, -0.2) is 44.1 Å². The second kappa shape index (κ2) is 9.78. The van der Waals surface area contributed by atoms with Gasteiger partial charge in [0.05, 0.1) is 31.1 Å². The first-order chi connectivity index (χ1) is 13.0. The molecule has 0 fully saturated rings. The highest BCUT2D eigenvalue weighted by Gasteiger charge is 2.18. The number of carbonyl (C=O) groups excluding carboxylic acids is 3. The number of Topliss-reactive ketones (excluding diaryl/α,β-unsaturated/α-hetero) is 2. The maximum atomic E-state index is 12.5. The molecule has 0 radical (unpaired) electrons. The summed E-state index contributed by atoms with van der Waals surface area (Å²) in [5.74, 6) is 0.0866. The summed E-state index contributed by atoms with van der Waals surface area (Å²) in [6.45, 7) is 1.04. The van der Waals surface area contributed by atoms with Crippen molar-refractivity contribution in [3.8, 4) is 11.5 Å². The van der Waals surface area contributed by atoms with Crippen molar-refractivity contribution in [1.29, 1.82) is 0 Å². The van der Waals surface area contributed by atoms with E-state index >= 15 is 0 Å². The van der Waals surface area contributed by atoms with Crippen LogP contribution in [0, 0.1) is 0 Å². The summed E-state index contributed by atoms with van der Waals surface area (Å²) in [5.41, 5.74) is 0.582. The van der Waals surface area contributed by atoms with Crippen molar-refractivity contribution in [2.75, 3.05) is 26.6 Å². The molecule has 0 atom stereocenters. The summed E-state index contributed by atoms with van der Waals surface area (Å²) in [7, 11) is 2.94. The van der Waals surface area contributed by atoms with Gasteiger partial charge in [0.1, 0.15) is 17.3 Å². The molecule has 142 valence electrons. The van der Waals surface area contributed by atoms with E-state index in [1.807, 2.05) is 0 Å². The standard InChI is InChI=1S/C20H20O6S/c1-13(21)12-27-19-7-5-4-6-15(19)20(23)26-11-17(22)16-10-14(24-2)8-9-18(16)25-3/h4-10H,11-12H2,1-3H3. The Morgan fingerprint density at radius 3 is 2.37 bits per heavy atom. The summed E-state index contributed by atoms with van der Waals surface area (Å²) in [6, 6.07) is 11.6. The number of esters is 1. The van der Waals surface area contributed by atoms with Gasteiger partial charge < -0.3 is 14.2 Å². The van der Waals surface area contributed by atoms with Gasteiger partial charge in [-0.15, -0.1) is 11.8 Å². The van der Waals surface area contributed by atoms with Gasteiger partial charge in [0.15, 0.2) is 6.61 Å². The summed E-state index contributed by atoms with van der Waals surface area (Å²) in [6.07, 6.45) is 0. The van der Waals surface area contributed by atoms with Gasteiger partial charge in [-0.1, -0.05) is 12.1 Å². The van der Waals surface area contributed by atoms with Crippen LogP contribution in [0.3, 0.4) is 0 Å². The zero-order valence-electron chi connectivity index (χ0n) is 15.3. The van der Waals surface area contributed by atoms with Gasteiger partial charge in [-0.05, 0) is 37.3 Å². The van der Waals surface area contributed by atoms with Crippen molar-refractivity contribution >= 4 is 29.3 Å². The molecule has 0 heterocycles. The van der Waals surface area contributed by atoms with Crippen LogP contribution in [0.1, 0.15) is 27.6 Å². The Labute approximate surface area is 161 Å². The molecule has 2 aromatic carbocycles. The Balaban J connectivity index is 2.10. The Hall–Kier alpha value is -2.80. The molecule has 0 bridgehead atoms. The minimum Gasteiger partial charge on any atom is -0.497 e. The molecule has 0 spiro atoms. The smallest absolute Gasteiger partial charge is 0.339 e. The first-order valence-corrected chi connectivity index (χ1v) is 9.08. The van der Waals surface area contributed by atoms with Crippen molar-refractivity contribution in [2.24, 2.45) is 0 Å². The highest BCUT2D eigenvalue weighted by molar-refractivity contribution is 8.00. The maximum absolute atomic E-state index is 12.5. The molecule has 0 aliphatic heterocycles. The monoisotopic (exact) mass is 388 g/mol. The van der Waals surface area contributed by atoms with E-state index in [1.54, 1.807) is 36.4 Å². The van der Waals surface area contributed by atoms with Crippen molar-refractivity contribution in [2.45, 2.75) is 11.8 Å². The van der Waals surface area contributed by atoms with Crippen LogP contribution in [0.15, 0.2) is 47.4 Å². The molecule has 0 N–H and O–H groups in total. The van der Waals surface area contributed by atoms with Crippen LogP contribution in [0.5, 0.6) is 11.5 Å². The fourth-order valence-electron chi connectivity index (χ4n) is 2.26. The first-order valence-electron chi connectivity index (χ1n) is 8.10. The molecular weight excluding hydrogens is 368 g/mol. The van der Waals surface area contributed by atoms with Crippen LogP contribution in [-0.2, 0) is 9.53 Å². The Bertz CT molecular complexity index is 846. The molecule has 0 saturated heterocycles. The SMILES string of the molecule is COc1ccc(OC)c(C(=O)COC(=O)c2ccccc2SCC(C)=O)c1. The molecule has 2 rings (SSSR count). The van der Waals surface area contributed by atoms with Crippen LogP contribution < -0.4 is 9.47 Å². The summed E-state index contributed by atoms with van der Waals surface area (Å²) < 4.78 is 15.5. The fourth-order valence-corrected chi connectivity index (χ4v) is 3.10. The number of ether oxygens (including phenoxy) is 3. The number of ketones is 2. The molecule has 2 aromatic rings. The van der Waals surface area contributed by atoms with E-state index in [9.17, 15) is 14.4 Å². The maximum Gasteiger partial charge on any atom is 0.339 e. The van der Waals surface area contributed by atoms with E-state index in [2.05, 4.69) is 0 Å². The Kier molecular flexibility index (Phi) is 7.43. The van der Waals surface area contributed by atoms with Crippen LogP contribution in [0.4, 0.5) is 0 Å². The average molecular weight is 388 g/mol. The van der Waals surface area contributed by atoms with E-state index < -0.39 is 18.4 Å². The topological polar surface area (TPSA) is 78.9 Å². The molecule has 0 aromatic heterocycles. The van der Waals surface area contributed by atoms with E-state index in [0.717, 1.165) is 0 Å². The lowest BCUT2D eigenvalue weighted by molar-refractivity contribution is -0.114. The molecule has 0 saturated carbocycles. The van der Waals surface area contributed by atoms with Gasteiger partial charge in [-0.3, -0.25) is 9.59 Å². The summed E-state index contributed by atoms with van der Waals surface area (Å²) >= 11 is 1.25. The minimum absolute atomic E-state index is 0.00321. The van der Waals surface area contributed by atoms with Gasteiger partial charge >= 0.3 is 5.97 Å². The molecule has 6 nitrogen and oxygen atoms in total. The number of methoxy groups -OCH3 is 2. The first kappa shape index (κ1) is 20.5. The third-order valence-corrected chi connectivity index (χ3v) is 4.80. The molecule has 0 unspecified atom stereocenters. The third-order valence-electron chi connectivity index (χ3n) is 3.58. The number of hydrogen-bond donors (Lipinski definition) is 0. The van der Waals surface area contributed by atoms with Crippen molar-refractivity contribution in [3.05, 3.63) is 53.6 Å². The highest BCUT2D eigenvalue weighted by atomic mass is 32.2. The van der Waals surface area contributed by atoms with E-state index in [0.29, 0.717) is 22.0 Å². The van der Waals surface area contributed by atoms with Crippen LogP contribution in [0.25, 0.3) is 0 Å². The zero-order chi connectivity index (χ0) is 19.8. The number of benzene rings is 2. The number of hydrogen-bond acceptors (Lipinski definition) is 7. The second-order valence-corrected chi connectivity index (χ2v) is 6.57. The molecule has 0 aliphatic carbocycles. The zero-order valence-corrected chi connectivity index (χ0v) is 16.1. The van der Waals surface area contributed by atoms with Gasteiger partial charge in [-0.2, -0.15) is 0 Å². The largest absolute Gasteiger partial charge is 0.497 e. The van der Waals surface area contributed by atoms with Crippen molar-refractivity contribution in [1.82, 2.24) is 0 Å². The lowest BCUT2D eigenvalue weighted by Crippen LogP contribution is -2.15. The van der Waals surface area contributed by atoms with E-state index in [-0.39, 0.29) is 17.1 Å². The average Bonchev–Trinajstić information content (AvgIpc) is 2.69. The lowest BCUT2D eigenvalue weighted by Gasteiger charge is -2.11. The molecule has 0 aliphatic rings. The lowest BCUT2D eigenvalue weighted by atomic mass is 10.1. The fraction of sp³-hybridized carbons (Fsp3) is 0.250. The highest BCUT2D eigenvalue weighted by Crippen LogP contribution is 2.26. The van der Waals surface area contributed by atoms with Crippen LogP contribution >= 0.6 is 11.8 Å².